The predicted octanol–water partition coefficient (Wildman–Crippen LogP) is 2.22. The lowest BCUT2D eigenvalue weighted by Crippen LogP contribution is -2.47. The molecule has 4 heterocycles. The lowest BCUT2D eigenvalue weighted by Gasteiger charge is -2.35. The van der Waals surface area contributed by atoms with Crippen LogP contribution in [0.25, 0.3) is 11.2 Å². The molecule has 418 valence electrons. The van der Waals surface area contributed by atoms with Crippen LogP contribution in [0, 0.1) is 5.41 Å². The fraction of sp³-hybridized carbons (Fsp3) is 0.805. The fourth-order valence-electron chi connectivity index (χ4n) is 7.62. The van der Waals surface area contributed by atoms with E-state index in [0.29, 0.717) is 18.8 Å². The van der Waals surface area contributed by atoms with Crippen LogP contribution < -0.4 is 16.4 Å². The number of carbonyl (C=O) groups is 3. The third kappa shape index (κ3) is 21.7. The van der Waals surface area contributed by atoms with Crippen LogP contribution in [0.4, 0.5) is 5.82 Å². The third-order valence-electron chi connectivity index (χ3n) is 11.8. The number of ether oxygens (including phenoxy) is 3. The maximum absolute atomic E-state index is 12.8. The van der Waals surface area contributed by atoms with Gasteiger partial charge < -0.3 is 70.6 Å². The van der Waals surface area contributed by atoms with E-state index in [4.69, 9.17) is 29.0 Å². The molecule has 2 amide bonds. The number of amides is 2. The summed E-state index contributed by atoms with van der Waals surface area (Å²) in [5.41, 5.74) is 4.26. The van der Waals surface area contributed by atoms with E-state index >= 15 is 0 Å². The van der Waals surface area contributed by atoms with Gasteiger partial charge in [0, 0.05) is 50.1 Å². The molecular formula is C41H72N7O21P3S. The van der Waals surface area contributed by atoms with Crippen LogP contribution >= 0.6 is 35.2 Å². The molecule has 32 heteroatoms. The summed E-state index contributed by atoms with van der Waals surface area (Å²) in [5, 5.41) is 46.4. The number of carbonyl (C=O) groups excluding carboxylic acids is 3. The highest BCUT2D eigenvalue weighted by Gasteiger charge is 2.50. The van der Waals surface area contributed by atoms with Gasteiger partial charge >= 0.3 is 23.5 Å². The Kier molecular flexibility index (Phi) is 25.7. The van der Waals surface area contributed by atoms with Crippen molar-refractivity contribution in [3.8, 4) is 0 Å². The number of phosphoric acid groups is 3. The molecule has 2 fully saturated rings. The van der Waals surface area contributed by atoms with Crippen LogP contribution in [0.15, 0.2) is 12.7 Å². The molecule has 2 aliphatic rings. The van der Waals surface area contributed by atoms with Crippen molar-refractivity contribution in [3.63, 3.8) is 0 Å². The van der Waals surface area contributed by atoms with Crippen LogP contribution in [0.3, 0.4) is 0 Å². The zero-order valence-electron chi connectivity index (χ0n) is 41.0. The van der Waals surface area contributed by atoms with Crippen molar-refractivity contribution in [1.29, 1.82) is 0 Å². The van der Waals surface area contributed by atoms with Gasteiger partial charge in [0.1, 0.15) is 42.4 Å². The zero-order valence-corrected chi connectivity index (χ0v) is 44.5. The quantitative estimate of drug-likeness (QED) is 0.0353. The van der Waals surface area contributed by atoms with Crippen molar-refractivity contribution < 1.29 is 100 Å². The average molecular weight is 1120 g/mol. The smallest absolute Gasteiger partial charge is 0.390 e. The molecule has 0 aromatic carbocycles. The number of aliphatic hydroxyl groups is 4. The van der Waals surface area contributed by atoms with Crippen molar-refractivity contribution in [2.24, 2.45) is 5.41 Å². The van der Waals surface area contributed by atoms with Gasteiger partial charge in [-0.15, -0.1) is 0 Å². The highest BCUT2D eigenvalue weighted by Crippen LogP contribution is 2.61. The van der Waals surface area contributed by atoms with Gasteiger partial charge in [-0.2, -0.15) is 4.31 Å². The molecule has 2 aromatic rings. The number of nitrogens with two attached hydrogens (primary N) is 1. The summed E-state index contributed by atoms with van der Waals surface area (Å²) < 4.78 is 73.6. The van der Waals surface area contributed by atoms with Gasteiger partial charge in [-0.1, -0.05) is 83.4 Å². The molecule has 0 aliphatic carbocycles. The SMILES string of the molecule is C[C@@H]1O[C@@H](OCCCCCCCCCCCCCC(=O)SCCNC(=O)CCNC(=O)[C@H](O)C(C)(C)COP(=O)(O)OP(=O)(O)OC[C@H]2O[C@@H](n3cnc4c(N)ncnc43)[C@H](O)[C@@H]2OP(=O)(O)O)[C@H](O)C[C@H]1O. The molecule has 0 spiro atoms. The summed E-state index contributed by atoms with van der Waals surface area (Å²) in [6, 6.07) is 0. The lowest BCUT2D eigenvalue weighted by atomic mass is 9.87. The number of nitrogens with zero attached hydrogens (tertiary/aromatic N) is 4. The molecule has 2 saturated heterocycles. The van der Waals surface area contributed by atoms with Crippen LogP contribution in [0.2, 0.25) is 0 Å². The van der Waals surface area contributed by atoms with E-state index in [1.54, 1.807) is 6.92 Å². The number of fused-ring (bicyclic) bond motifs is 1. The number of hydrogen-bond donors (Lipinski definition) is 11. The number of unbranched alkanes of at least 4 members (excludes halogenated alkanes) is 10. The first-order chi connectivity index (χ1) is 34.3. The number of hydrogen-bond acceptors (Lipinski definition) is 22. The molecule has 0 bridgehead atoms. The number of aliphatic hydroxyl groups excluding tert-OH is 4. The number of rotatable bonds is 34. The molecule has 2 aliphatic heterocycles. The summed E-state index contributed by atoms with van der Waals surface area (Å²) in [6.07, 6.45) is 2.84. The second kappa shape index (κ2) is 29.8. The number of thioether (sulfide) groups is 1. The fourth-order valence-corrected chi connectivity index (χ4v) is 11.2. The number of anilines is 1. The van der Waals surface area contributed by atoms with Gasteiger partial charge in [-0.25, -0.2) is 28.6 Å². The summed E-state index contributed by atoms with van der Waals surface area (Å²) in [6.45, 7) is 2.77. The van der Waals surface area contributed by atoms with E-state index < -0.39 is 103 Å². The van der Waals surface area contributed by atoms with Crippen LogP contribution in [-0.4, -0.2) is 164 Å². The highest BCUT2D eigenvalue weighted by molar-refractivity contribution is 8.13. The molecule has 0 radical (unpaired) electrons. The molecule has 28 nitrogen and oxygen atoms in total. The lowest BCUT2D eigenvalue weighted by molar-refractivity contribution is -0.261. The number of aromatic nitrogens is 4. The van der Waals surface area contributed by atoms with E-state index in [1.807, 2.05) is 0 Å². The number of nitrogen functional groups attached to an aromatic ring is 1. The van der Waals surface area contributed by atoms with Gasteiger partial charge in [-0.3, -0.25) is 32.5 Å². The van der Waals surface area contributed by atoms with Crippen LogP contribution in [-0.2, 0) is 60.2 Å². The Morgan fingerprint density at radius 3 is 2.15 bits per heavy atom. The molecule has 2 unspecified atom stereocenters. The maximum Gasteiger partial charge on any atom is 0.481 e. The third-order valence-corrected chi connectivity index (χ3v) is 15.8. The van der Waals surface area contributed by atoms with Gasteiger partial charge in [0.15, 0.2) is 29.1 Å². The van der Waals surface area contributed by atoms with E-state index in [2.05, 4.69) is 34.4 Å². The minimum Gasteiger partial charge on any atom is -0.390 e. The van der Waals surface area contributed by atoms with Crippen molar-refractivity contribution in [2.75, 3.05) is 44.4 Å². The number of nitrogens with one attached hydrogen (secondary N) is 2. The summed E-state index contributed by atoms with van der Waals surface area (Å²) in [5.74, 6) is -1.09. The standard InChI is InChI=1S/C41H72N7O21P3S/c1-26-27(49)21-28(50)40(66-26)63-19-14-12-10-8-6-4-5-7-9-11-13-15-31(52)73-20-18-43-30(51)16-17-44-38(55)35(54)41(2,3)23-65-72(61,62)69-71(59,60)64-22-29-34(68-70(56,57)58)33(53)39(67-29)48-25-47-32-36(42)45-24-46-37(32)48/h24-29,33-35,39-40,49-50,53-54H,4-23H2,1-3H3,(H,43,51)(H,44,55)(H,59,60)(H,61,62)(H2,42,45,46)(H2,56,57,58)/t26-,27+,28+,29+,33+,34+,35-,39+,40+/m0/s1. The van der Waals surface area contributed by atoms with Gasteiger partial charge in [0.2, 0.25) is 11.8 Å². The maximum atomic E-state index is 12.8. The Bertz CT molecular complexity index is 2210. The Morgan fingerprint density at radius 2 is 1.49 bits per heavy atom. The van der Waals surface area contributed by atoms with Gasteiger partial charge in [0.05, 0.1) is 31.7 Å². The first-order valence-corrected chi connectivity index (χ1v) is 29.5. The second-order valence-electron chi connectivity index (χ2n) is 18.4. The van der Waals surface area contributed by atoms with E-state index in [0.717, 1.165) is 86.8 Å². The molecule has 4 rings (SSSR count). The minimum absolute atomic E-state index is 0.0273. The topological polar surface area (TPSA) is 423 Å². The largest absolute Gasteiger partial charge is 0.481 e. The molecule has 12 N–H and O–H groups in total. The van der Waals surface area contributed by atoms with Crippen molar-refractivity contribution >= 4 is 69.1 Å². The van der Waals surface area contributed by atoms with Crippen molar-refractivity contribution in [2.45, 2.75) is 166 Å². The Labute approximate surface area is 426 Å². The normalized spacial score (nSPS) is 24.8. The van der Waals surface area contributed by atoms with Crippen molar-refractivity contribution in [3.05, 3.63) is 12.7 Å². The van der Waals surface area contributed by atoms with Gasteiger partial charge in [-0.05, 0) is 19.8 Å². The predicted molar refractivity (Wildman–Crippen MR) is 259 cm³/mol. The van der Waals surface area contributed by atoms with Crippen LogP contribution in [0.5, 0.6) is 0 Å². The molecular weight excluding hydrogens is 1050 g/mol. The number of phosphoric ester groups is 3. The van der Waals surface area contributed by atoms with Gasteiger partial charge in [0.25, 0.3) is 0 Å². The highest BCUT2D eigenvalue weighted by atomic mass is 32.2. The Balaban J connectivity index is 1.02. The monoisotopic (exact) mass is 1120 g/mol. The molecule has 73 heavy (non-hydrogen) atoms. The second-order valence-corrected chi connectivity index (χ2v) is 23.8. The zero-order chi connectivity index (χ0) is 54.0. The van der Waals surface area contributed by atoms with Crippen molar-refractivity contribution in [1.82, 2.24) is 30.2 Å². The van der Waals surface area contributed by atoms with E-state index in [-0.39, 0.29) is 54.1 Å². The van der Waals surface area contributed by atoms with Crippen LogP contribution in [0.1, 0.15) is 117 Å². The summed E-state index contributed by atoms with van der Waals surface area (Å²) in [4.78, 5) is 88.5. The molecule has 11 atom stereocenters. The first kappa shape index (κ1) is 62.9. The summed E-state index contributed by atoms with van der Waals surface area (Å²) in [7, 11) is -16.4. The minimum atomic E-state index is -5.59. The average Bonchev–Trinajstić information content (AvgIpc) is 3.87. The summed E-state index contributed by atoms with van der Waals surface area (Å²) >= 11 is 1.13. The Hall–Kier alpha value is -2.60. The molecule has 2 aromatic heterocycles. The van der Waals surface area contributed by atoms with E-state index in [9.17, 15) is 68.1 Å². The number of imidazole rings is 1. The Morgan fingerprint density at radius 1 is 0.863 bits per heavy atom. The van der Waals surface area contributed by atoms with E-state index in [1.165, 1.54) is 26.7 Å². The first-order valence-electron chi connectivity index (χ1n) is 24.0. The molecule has 0 saturated carbocycles.